The number of rotatable bonds is 9. The van der Waals surface area contributed by atoms with Crippen molar-refractivity contribution in [3.8, 4) is 23.3 Å². The number of alkyl halides is 2. The summed E-state index contributed by atoms with van der Waals surface area (Å²) in [5, 5.41) is 0. The molecule has 514 valence electrons. The molecular formula is C71H96F2N6O13V2-2. The predicted octanol–water partition coefficient (Wildman–Crippen LogP) is 12.2. The smallest absolute Gasteiger partial charge is 0.309 e. The molecule has 94 heavy (non-hydrogen) atoms. The third-order valence-corrected chi connectivity index (χ3v) is 20.5. The summed E-state index contributed by atoms with van der Waals surface area (Å²) < 4.78 is 71.7. The molecule has 4 fully saturated rings. The van der Waals surface area contributed by atoms with E-state index in [1.165, 1.54) is 4.90 Å². The van der Waals surface area contributed by atoms with Crippen LogP contribution in [0.5, 0.6) is 23.3 Å². The molecule has 2 aromatic heterocycles. The Morgan fingerprint density at radius 3 is 1.45 bits per heavy atom. The molecule has 4 aromatic rings. The van der Waals surface area contributed by atoms with Gasteiger partial charge in [-0.15, -0.1) is 0 Å². The van der Waals surface area contributed by atoms with Gasteiger partial charge in [0.1, 0.15) is 35.1 Å². The average Bonchev–Trinajstić information content (AvgIpc) is 1.35. The van der Waals surface area contributed by atoms with E-state index in [9.17, 15) is 37.5 Å². The molecule has 2 aliphatic carbocycles. The number of carbonyl (C=O) groups is 4. The van der Waals surface area contributed by atoms with Gasteiger partial charge in [0.05, 0.1) is 74.1 Å². The van der Waals surface area contributed by atoms with E-state index in [4.69, 9.17) is 53.1 Å². The van der Waals surface area contributed by atoms with Gasteiger partial charge in [-0.05, 0) is 124 Å². The molecule has 0 unspecified atom stereocenters. The third-order valence-electron chi connectivity index (χ3n) is 20.5. The Morgan fingerprint density at radius 2 is 1.02 bits per heavy atom. The van der Waals surface area contributed by atoms with Crippen LogP contribution >= 0.6 is 0 Å². The van der Waals surface area contributed by atoms with Crippen LogP contribution < -0.4 is 18.9 Å². The fourth-order valence-electron chi connectivity index (χ4n) is 15.3. The first-order chi connectivity index (χ1) is 43.9. The topological polar surface area (TPSA) is 225 Å². The van der Waals surface area contributed by atoms with Crippen LogP contribution in [0.4, 0.5) is 8.78 Å². The van der Waals surface area contributed by atoms with E-state index in [-0.39, 0.29) is 93.1 Å². The number of nitrogens with zero attached hydrogens (tertiary/aromatic N) is 6. The molecule has 23 heteroatoms. The van der Waals surface area contributed by atoms with Crippen molar-refractivity contribution in [3.63, 3.8) is 0 Å². The first kappa shape index (κ1) is 75.9. The molecule has 2 amide bonds. The number of amides is 2. The van der Waals surface area contributed by atoms with E-state index in [1.54, 1.807) is 25.2 Å². The van der Waals surface area contributed by atoms with Crippen LogP contribution in [0.15, 0.2) is 36.4 Å². The second-order valence-electron chi connectivity index (χ2n) is 28.3. The Kier molecular flexibility index (Phi) is 26.4. The first-order valence-corrected chi connectivity index (χ1v) is 33.7. The van der Waals surface area contributed by atoms with Crippen LogP contribution in [0.1, 0.15) is 189 Å². The summed E-state index contributed by atoms with van der Waals surface area (Å²) in [4.78, 5) is 103. The predicted molar refractivity (Wildman–Crippen MR) is 340 cm³/mol. The Bertz CT molecular complexity index is 3280. The second kappa shape index (κ2) is 32.7. The van der Waals surface area contributed by atoms with Gasteiger partial charge in [-0.1, -0.05) is 106 Å². The van der Waals surface area contributed by atoms with E-state index < -0.39 is 88.5 Å². The Balaban J connectivity index is 0.000000260. The van der Waals surface area contributed by atoms with Gasteiger partial charge in [0, 0.05) is 74.1 Å². The molecule has 2 saturated carbocycles. The first-order valence-electron chi connectivity index (χ1n) is 33.7. The molecule has 6 aliphatic rings. The van der Waals surface area contributed by atoms with E-state index in [2.05, 4.69) is 12.6 Å². The van der Waals surface area contributed by atoms with Crippen molar-refractivity contribution >= 4 is 58.4 Å². The third kappa shape index (κ3) is 16.7. The summed E-state index contributed by atoms with van der Waals surface area (Å²) in [5.74, 6) is -3.54. The van der Waals surface area contributed by atoms with Gasteiger partial charge in [0.25, 0.3) is 6.43 Å². The van der Waals surface area contributed by atoms with Crippen molar-refractivity contribution in [3.05, 3.63) is 47.8 Å². The van der Waals surface area contributed by atoms with Gasteiger partial charge in [0.2, 0.25) is 29.4 Å². The van der Waals surface area contributed by atoms with Gasteiger partial charge >= 0.3 is 11.9 Å². The Morgan fingerprint density at radius 1 is 0.585 bits per heavy atom. The monoisotopic (exact) mass is 1380 g/mol. The maximum Gasteiger partial charge on any atom is 0.309 e. The Labute approximate surface area is 576 Å². The molecule has 4 bridgehead atoms. The van der Waals surface area contributed by atoms with Crippen LogP contribution in [0, 0.1) is 46.3 Å². The zero-order valence-corrected chi connectivity index (χ0v) is 59.5. The molecule has 12 atom stereocenters. The quantitative estimate of drug-likeness (QED) is 0.112. The van der Waals surface area contributed by atoms with E-state index in [0.717, 1.165) is 62.6 Å². The van der Waals surface area contributed by atoms with Gasteiger partial charge in [-0.2, -0.15) is 0 Å². The van der Waals surface area contributed by atoms with Crippen LogP contribution in [0.2, 0.25) is 0 Å². The van der Waals surface area contributed by atoms with E-state index in [0.29, 0.717) is 110 Å². The Hall–Kier alpha value is -5.47. The normalized spacial score (nSPS) is 29.1. The number of fused-ring (bicyclic) bond motifs is 10. The van der Waals surface area contributed by atoms with E-state index in [1.807, 2.05) is 92.6 Å². The summed E-state index contributed by atoms with van der Waals surface area (Å²) in [7, 11) is 3.19. The number of methoxy groups -OCH3 is 2. The number of benzene rings is 2. The summed E-state index contributed by atoms with van der Waals surface area (Å²) in [6, 6.07) is 9.33. The van der Waals surface area contributed by atoms with Crippen LogP contribution in [0.25, 0.3) is 22.1 Å². The van der Waals surface area contributed by atoms with Crippen LogP contribution in [0.3, 0.4) is 0 Å². The standard InChI is InChI=1S/C36H50N3O7.C35H46F2N3O6.2V/c1-7-25-30(22-40)39-21-31(25)45-33-28(37-27-17-16-24(43-6)19-29(27)38-33)15-11-9-10-13-23-14-12-18-36(23,44-8-2)46-32(41)20-26(34(39)42)35(3,4)5;1-6-23-28(20-41)40-19-29(23)45-31-26(38-25-15-14-22(44-5)17-27(25)39-31)13-9-7-8-11-21-12-10-16-35(21,33(36)37)46-30(42)18-24(32(40)43)34(2,3)4;;/h16-17,19,23,25-26,30-31H,7-15,18,20-21H2,1-6H3;14-15,17,21,23-24,28-29,33H,6-13,16,18-19H2,1-5H3;;/q2*-1;;/t23-,25+,26-,30-,31+,36-;21-,23+,24-,28-,29+,35-;;/m11../s1. The van der Waals surface area contributed by atoms with Crippen molar-refractivity contribution < 1.29 is 108 Å². The summed E-state index contributed by atoms with van der Waals surface area (Å²) in [5.41, 5.74) is 0.939. The fourth-order valence-corrected chi connectivity index (χ4v) is 15.3. The van der Waals surface area contributed by atoms with Crippen molar-refractivity contribution in [1.29, 1.82) is 0 Å². The summed E-state index contributed by atoms with van der Waals surface area (Å²) in [6.07, 6.45) is 12.3. The number of halogens is 2. The van der Waals surface area contributed by atoms with Gasteiger partial charge in [-0.25, -0.2) is 41.3 Å². The minimum absolute atomic E-state index is 0. The molecule has 2 radical (unpaired) electrons. The van der Waals surface area contributed by atoms with Gasteiger partial charge in [0.15, 0.2) is 5.60 Å². The molecular weight excluding hydrogens is 1280 g/mol. The summed E-state index contributed by atoms with van der Waals surface area (Å²) >= 11 is 0. The minimum atomic E-state index is -2.83. The number of ether oxygens (including phenoxy) is 7. The minimum Gasteiger partial charge on any atom is -0.540 e. The second-order valence-corrected chi connectivity index (χ2v) is 28.3. The zero-order chi connectivity index (χ0) is 66.3. The molecule has 6 heterocycles. The molecule has 2 saturated heterocycles. The van der Waals surface area contributed by atoms with E-state index >= 15 is 0 Å². The number of esters is 2. The maximum atomic E-state index is 14.7. The molecule has 0 spiro atoms. The van der Waals surface area contributed by atoms with Crippen molar-refractivity contribution in [2.75, 3.05) is 33.9 Å². The maximum absolute atomic E-state index is 14.7. The molecule has 0 N–H and O–H groups in total. The average molecular weight is 1380 g/mol. The molecule has 4 aliphatic heterocycles. The number of aryl methyl sites for hydroxylation is 2. The largest absolute Gasteiger partial charge is 0.540 e. The molecule has 10 rings (SSSR count). The van der Waals surface area contributed by atoms with Crippen molar-refractivity contribution in [1.82, 2.24) is 29.7 Å². The van der Waals surface area contributed by atoms with Crippen LogP contribution in [-0.2, 0) is 92.9 Å². The van der Waals surface area contributed by atoms with Gasteiger partial charge in [-0.3, -0.25) is 19.2 Å². The summed E-state index contributed by atoms with van der Waals surface area (Å²) in [6.45, 7) is 17.8. The van der Waals surface area contributed by atoms with Crippen molar-refractivity contribution in [2.45, 2.75) is 233 Å². The van der Waals surface area contributed by atoms with Crippen LogP contribution in [-0.4, -0.2) is 142 Å². The number of hydrogen-bond acceptors (Lipinski definition) is 17. The zero-order valence-electron chi connectivity index (χ0n) is 56.7. The fraction of sp³-hybridized carbons (Fsp3) is 0.690. The molecule has 19 nitrogen and oxygen atoms in total. The number of carbonyl (C=O) groups excluding carboxylic acids is 6. The SMILES string of the molecule is CCO[C@@]12CCC[C@H]1CCCCCc1nc3ccc(OC)cc3nc1O[C@H]1CN(C(=O)[C@H](C(C)(C)C)CC(=O)O2)[C@H]([C-]=O)[C@@H]1CC.CC[C@@H]1[C@@H]2CN(C(=O)[C@H](C(C)(C)C)CC(=O)O[C@]3(C(F)F)CCC[C@H]3CCCCCc3nc4ccc(OC)cc4nc3O2)[C@@H]1[C-]=O.[V].[V]. The molecule has 2 aromatic carbocycles. The number of aromatic nitrogens is 4. The van der Waals surface area contributed by atoms with Crippen molar-refractivity contribution in [2.24, 2.45) is 46.3 Å². The van der Waals surface area contributed by atoms with Gasteiger partial charge < -0.3 is 52.5 Å². The number of hydrogen-bond donors (Lipinski definition) is 0.